The summed E-state index contributed by atoms with van der Waals surface area (Å²) in [6, 6.07) is 1.81. The Labute approximate surface area is 410 Å². The number of ether oxygens (including phenoxy) is 3. The van der Waals surface area contributed by atoms with Crippen LogP contribution in [0.1, 0.15) is 188 Å². The number of hydrogen-bond acceptors (Lipinski definition) is 9. The molecule has 0 heterocycles. The van der Waals surface area contributed by atoms with Crippen LogP contribution in [0.5, 0.6) is 11.5 Å². The summed E-state index contributed by atoms with van der Waals surface area (Å²) in [4.78, 5) is 70.1. The van der Waals surface area contributed by atoms with E-state index in [1.54, 1.807) is 19.9 Å². The fourth-order valence-electron chi connectivity index (χ4n) is 18.4. The van der Waals surface area contributed by atoms with Crippen LogP contribution in [0, 0.1) is 67.5 Å². The van der Waals surface area contributed by atoms with Crippen molar-refractivity contribution in [2.24, 2.45) is 60.6 Å². The second-order valence-corrected chi connectivity index (χ2v) is 26.8. The Kier molecular flexibility index (Phi) is 10.1. The third-order valence-corrected chi connectivity index (χ3v) is 23.6. The fourth-order valence-corrected chi connectivity index (χ4v) is 18.4. The third kappa shape index (κ3) is 5.85. The molecule has 0 saturated heterocycles. The third-order valence-electron chi connectivity index (χ3n) is 23.6. The van der Waals surface area contributed by atoms with Crippen LogP contribution in [0.3, 0.4) is 0 Å². The van der Waals surface area contributed by atoms with Gasteiger partial charge in [-0.05, 0) is 197 Å². The number of benzene rings is 1. The number of rotatable bonds is 4. The zero-order valence-corrected chi connectivity index (χ0v) is 44.2. The van der Waals surface area contributed by atoms with E-state index in [4.69, 9.17) is 14.2 Å². The Morgan fingerprint density at radius 2 is 1.07 bits per heavy atom. The highest BCUT2D eigenvalue weighted by Crippen LogP contribution is 2.77. The normalized spacial score (nSPS) is 46.3. The van der Waals surface area contributed by atoms with Crippen LogP contribution in [0.15, 0.2) is 52.7 Å². The molecule has 1 aromatic carbocycles. The first kappa shape index (κ1) is 48.4. The quantitative estimate of drug-likeness (QED) is 0.231. The molecule has 9 aliphatic carbocycles. The Balaban J connectivity index is 1.03. The molecule has 6 fully saturated rings. The van der Waals surface area contributed by atoms with Gasteiger partial charge in [-0.15, -0.1) is 0 Å². The van der Waals surface area contributed by atoms with Crippen molar-refractivity contribution in [2.45, 2.75) is 184 Å². The maximum Gasteiger partial charge on any atom is 0.311 e. The van der Waals surface area contributed by atoms with E-state index in [2.05, 4.69) is 75.3 Å². The predicted molar refractivity (Wildman–Crippen MR) is 265 cm³/mol. The van der Waals surface area contributed by atoms with Crippen molar-refractivity contribution in [3.05, 3.63) is 69.4 Å². The summed E-state index contributed by atoms with van der Waals surface area (Å²) in [6.07, 6.45) is 19.9. The number of carbonyl (C=O) groups is 5. The van der Waals surface area contributed by atoms with E-state index in [1.165, 1.54) is 19.8 Å². The van der Waals surface area contributed by atoms with Gasteiger partial charge in [-0.2, -0.15) is 0 Å². The highest BCUT2D eigenvalue weighted by Gasteiger charge is 2.70. The van der Waals surface area contributed by atoms with E-state index in [9.17, 15) is 29.1 Å². The van der Waals surface area contributed by atoms with Crippen LogP contribution >= 0.6 is 0 Å². The molecule has 9 aliphatic rings. The summed E-state index contributed by atoms with van der Waals surface area (Å²) in [6.45, 7) is 26.5. The van der Waals surface area contributed by atoms with E-state index in [0.29, 0.717) is 16.7 Å². The molecule has 0 aliphatic heterocycles. The van der Waals surface area contributed by atoms with Gasteiger partial charge in [-0.3, -0.25) is 24.0 Å². The number of phenols is 1. The number of Topliss-reactive ketones (excluding diaryl/α,β-unsaturated/α-hetero) is 1. The van der Waals surface area contributed by atoms with Crippen molar-refractivity contribution >= 4 is 29.3 Å². The average Bonchev–Trinajstić information content (AvgIpc) is 3.30. The van der Waals surface area contributed by atoms with Crippen LogP contribution in [0.2, 0.25) is 0 Å². The molecule has 0 aromatic heterocycles. The molecule has 69 heavy (non-hydrogen) atoms. The molecule has 1 aromatic rings. The van der Waals surface area contributed by atoms with Crippen LogP contribution in [-0.4, -0.2) is 54.2 Å². The summed E-state index contributed by atoms with van der Waals surface area (Å²) in [5.74, 6) is -1.36. The van der Waals surface area contributed by atoms with Gasteiger partial charge in [-0.25, -0.2) is 0 Å². The number of ketones is 3. The lowest BCUT2D eigenvalue weighted by Gasteiger charge is -2.70. The van der Waals surface area contributed by atoms with Gasteiger partial charge >= 0.3 is 11.9 Å². The number of hydrogen-bond donors (Lipinski definition) is 1. The minimum Gasteiger partial charge on any atom is -0.504 e. The highest BCUT2D eigenvalue weighted by molar-refractivity contribution is 6.46. The maximum atomic E-state index is 14.7. The van der Waals surface area contributed by atoms with Crippen LogP contribution < -0.4 is 4.74 Å². The molecule has 13 atom stereocenters. The molecule has 372 valence electrons. The van der Waals surface area contributed by atoms with Crippen molar-refractivity contribution in [2.75, 3.05) is 14.2 Å². The molecule has 0 unspecified atom stereocenters. The number of allylic oxidation sites excluding steroid dienone is 6. The van der Waals surface area contributed by atoms with E-state index in [-0.39, 0.29) is 73.5 Å². The van der Waals surface area contributed by atoms with E-state index >= 15 is 0 Å². The van der Waals surface area contributed by atoms with Crippen LogP contribution in [0.4, 0.5) is 0 Å². The van der Waals surface area contributed by atoms with E-state index < -0.39 is 38.8 Å². The minimum absolute atomic E-state index is 0.0552. The predicted octanol–water partition coefficient (Wildman–Crippen LogP) is 12.3. The summed E-state index contributed by atoms with van der Waals surface area (Å²) in [5.41, 5.74) is 0.530. The zero-order valence-electron chi connectivity index (χ0n) is 44.2. The Morgan fingerprint density at radius 1 is 0.580 bits per heavy atom. The van der Waals surface area contributed by atoms with Gasteiger partial charge in [0.2, 0.25) is 11.6 Å². The molecule has 1 N–H and O–H groups in total. The van der Waals surface area contributed by atoms with Crippen molar-refractivity contribution in [1.82, 2.24) is 0 Å². The lowest BCUT2D eigenvalue weighted by molar-refractivity contribution is -0.180. The van der Waals surface area contributed by atoms with Crippen LogP contribution in [-0.2, 0) is 34.1 Å². The summed E-state index contributed by atoms with van der Waals surface area (Å²) >= 11 is 0. The number of methoxy groups -OCH3 is 2. The van der Waals surface area contributed by atoms with Crippen LogP contribution in [0.25, 0.3) is 0 Å². The van der Waals surface area contributed by atoms with Crippen molar-refractivity contribution in [3.8, 4) is 11.5 Å². The standard InChI is InChI=1S/C60H78O9/c1-34-45-37(55(7)24-28-59(11)44-33-53(5,49(66)68-14)20-18-51(44,3)22-26-57(59,9)42(55)31-38(45)61)30-40(46(34)63)69-60(12)35-15-16-41-54(6,36(35)29-39(62)47(60)64)23-27-58(10)43-32-52(4,48(65)67-13)19-17-50(43,2)21-25-56(41,58)8/h15-16,29-31,43-44,63H,17-28,32-33H2,1-14H3/t43-,44+,50+,51+,52+,53+,54-,55-,56+,57+,58-,59-,60-/m0/s1. The van der Waals surface area contributed by atoms with Gasteiger partial charge in [0.1, 0.15) is 0 Å². The Morgan fingerprint density at radius 3 is 1.59 bits per heavy atom. The summed E-state index contributed by atoms with van der Waals surface area (Å²) in [7, 11) is 2.99. The minimum atomic E-state index is -1.76. The highest BCUT2D eigenvalue weighted by atomic mass is 16.5. The lowest BCUT2D eigenvalue weighted by atomic mass is 9.34. The first-order valence-corrected chi connectivity index (χ1v) is 26.2. The fraction of sp³-hybridized carbons (Fsp3) is 0.683. The number of aromatic hydroxyl groups is 1. The lowest BCUT2D eigenvalue weighted by Crippen LogP contribution is -2.63. The smallest absolute Gasteiger partial charge is 0.311 e. The molecular formula is C60H78O9. The molecule has 9 nitrogen and oxygen atoms in total. The summed E-state index contributed by atoms with van der Waals surface area (Å²) < 4.78 is 17.7. The molecule has 9 heteroatoms. The topological polar surface area (TPSA) is 133 Å². The number of fused-ring (bicyclic) bond motifs is 14. The van der Waals surface area contributed by atoms with Gasteiger partial charge in [0.15, 0.2) is 22.9 Å². The zero-order chi connectivity index (χ0) is 50.3. The molecule has 6 saturated carbocycles. The first-order valence-electron chi connectivity index (χ1n) is 26.2. The summed E-state index contributed by atoms with van der Waals surface area (Å²) in [5, 5.41) is 12.1. The monoisotopic (exact) mass is 943 g/mol. The molecule has 10 rings (SSSR count). The van der Waals surface area contributed by atoms with Crippen molar-refractivity contribution in [1.29, 1.82) is 0 Å². The molecule has 0 amide bonds. The van der Waals surface area contributed by atoms with Gasteiger partial charge in [0.05, 0.1) is 25.0 Å². The van der Waals surface area contributed by atoms with Crippen molar-refractivity contribution < 1.29 is 43.3 Å². The number of carbonyl (C=O) groups excluding carboxylic acids is 5. The van der Waals surface area contributed by atoms with Gasteiger partial charge in [0, 0.05) is 27.5 Å². The van der Waals surface area contributed by atoms with E-state index in [1.807, 2.05) is 18.2 Å². The van der Waals surface area contributed by atoms with Crippen molar-refractivity contribution in [3.63, 3.8) is 0 Å². The second kappa shape index (κ2) is 14.5. The second-order valence-electron chi connectivity index (χ2n) is 26.8. The molecule has 0 bridgehead atoms. The molecule has 0 radical (unpaired) electrons. The van der Waals surface area contributed by atoms with Gasteiger partial charge in [-0.1, -0.05) is 73.1 Å². The van der Waals surface area contributed by atoms with Gasteiger partial charge in [0.25, 0.3) is 0 Å². The molecule has 0 spiro atoms. The molecular weight excluding hydrogens is 865 g/mol. The van der Waals surface area contributed by atoms with Gasteiger partial charge < -0.3 is 19.3 Å². The number of esters is 2. The largest absolute Gasteiger partial charge is 0.504 e. The van der Waals surface area contributed by atoms with E-state index in [0.717, 1.165) is 107 Å². The Bertz CT molecular complexity index is 2700. The average molecular weight is 943 g/mol. The maximum absolute atomic E-state index is 14.7. The first-order chi connectivity index (χ1) is 31.9. The number of phenolic OH excluding ortho intramolecular Hbond substituents is 1. The Hall–Kier alpha value is -4.27. The SMILES string of the molecule is COC(=O)[C@]1(C)CC[C@]2(C)CC[C@]3(C)C4=CC(=O)c5c(cc(O[C@]6(C)C(=O)C(=O)C=C7C6=CC=C6[C@@]7(C)CC[C@@]7(C)[C@H]8C[C@](C)(C(=O)OC)CC[C@]8(C)CC[C@]67C)c(O)c5C)[C@]4(C)CC[C@@]3(C)[C@@H]2C1.